The zero-order valence-corrected chi connectivity index (χ0v) is 14.0. The molecule has 0 spiro atoms. The summed E-state index contributed by atoms with van der Waals surface area (Å²) >= 11 is 5.93. The molecule has 0 aromatic heterocycles. The number of amides is 1. The number of hydrogen-bond donors (Lipinski definition) is 2. The topological polar surface area (TPSA) is 75.3 Å². The van der Waals surface area contributed by atoms with Crippen LogP contribution in [-0.2, 0) is 14.8 Å². The second-order valence-corrected chi connectivity index (χ2v) is 6.88. The maximum Gasteiger partial charge on any atom is 0.241 e. The van der Waals surface area contributed by atoms with Gasteiger partial charge in [-0.05, 0) is 37.1 Å². The quantitative estimate of drug-likeness (QED) is 0.754. The molecule has 0 atom stereocenters. The fourth-order valence-corrected chi connectivity index (χ4v) is 3.94. The molecule has 21 heavy (non-hydrogen) atoms. The number of nitrogens with one attached hydrogen (secondary N) is 2. The average Bonchev–Trinajstić information content (AvgIpc) is 2.45. The molecule has 2 N–H and O–H groups in total. The van der Waals surface area contributed by atoms with E-state index in [0.717, 1.165) is 0 Å². The molecule has 1 amide bonds. The Labute approximate surface area is 131 Å². The van der Waals surface area contributed by atoms with Gasteiger partial charge >= 0.3 is 0 Å². The summed E-state index contributed by atoms with van der Waals surface area (Å²) in [5.41, 5.74) is -0.0903. The minimum atomic E-state index is -3.65. The van der Waals surface area contributed by atoms with Crippen molar-refractivity contribution in [2.24, 2.45) is 0 Å². The fraction of sp³-hybridized carbons (Fsp3) is 0.500. The molecular weight excluding hydrogens is 312 g/mol. The molecule has 0 aliphatic heterocycles. The van der Waals surface area contributed by atoms with Gasteiger partial charge in [0.1, 0.15) is 0 Å². The highest BCUT2D eigenvalue weighted by atomic mass is 35.5. The second-order valence-electron chi connectivity index (χ2n) is 4.93. The molecule has 7 heteroatoms. The Morgan fingerprint density at radius 3 is 2.10 bits per heavy atom. The van der Waals surface area contributed by atoms with E-state index in [1.165, 1.54) is 19.1 Å². The van der Waals surface area contributed by atoms with Crippen molar-refractivity contribution in [1.82, 2.24) is 4.72 Å². The Morgan fingerprint density at radius 1 is 1.19 bits per heavy atom. The van der Waals surface area contributed by atoms with Gasteiger partial charge in [0.25, 0.3) is 0 Å². The number of rotatable bonds is 7. The molecule has 0 saturated heterocycles. The molecule has 1 rings (SSSR count). The van der Waals surface area contributed by atoms with Crippen molar-refractivity contribution >= 4 is 33.2 Å². The lowest BCUT2D eigenvalue weighted by atomic mass is 9.97. The predicted molar refractivity (Wildman–Crippen MR) is 85.1 cm³/mol. The largest absolute Gasteiger partial charge is 0.326 e. The summed E-state index contributed by atoms with van der Waals surface area (Å²) in [6, 6.07) is 6.02. The predicted octanol–water partition coefficient (Wildman–Crippen LogP) is 2.72. The van der Waals surface area contributed by atoms with Crippen LogP contribution in [0.15, 0.2) is 29.2 Å². The SMILES string of the molecule is CCC(CC)(CCl)NS(=O)(=O)c1ccc(NC(C)=O)cc1. The van der Waals surface area contributed by atoms with Gasteiger partial charge in [0.15, 0.2) is 0 Å². The third-order valence-corrected chi connectivity index (χ3v) is 5.55. The van der Waals surface area contributed by atoms with Gasteiger partial charge in [-0.25, -0.2) is 13.1 Å². The summed E-state index contributed by atoms with van der Waals surface area (Å²) in [4.78, 5) is 11.1. The molecule has 0 aliphatic rings. The Morgan fingerprint density at radius 2 is 1.71 bits per heavy atom. The number of anilines is 1. The zero-order chi connectivity index (χ0) is 16.1. The number of sulfonamides is 1. The molecule has 0 bridgehead atoms. The second kappa shape index (κ2) is 7.24. The zero-order valence-electron chi connectivity index (χ0n) is 12.4. The van der Waals surface area contributed by atoms with Crippen molar-refractivity contribution in [1.29, 1.82) is 0 Å². The van der Waals surface area contributed by atoms with Crippen LogP contribution >= 0.6 is 11.6 Å². The third-order valence-electron chi connectivity index (χ3n) is 3.45. The lowest BCUT2D eigenvalue weighted by Gasteiger charge is -2.30. The first-order valence-corrected chi connectivity index (χ1v) is 8.78. The molecule has 1 aromatic rings. The maximum absolute atomic E-state index is 12.4. The van der Waals surface area contributed by atoms with Gasteiger partial charge in [-0.1, -0.05) is 13.8 Å². The molecule has 0 heterocycles. The summed E-state index contributed by atoms with van der Waals surface area (Å²) in [6.45, 7) is 5.19. The summed E-state index contributed by atoms with van der Waals surface area (Å²) in [7, 11) is -3.65. The summed E-state index contributed by atoms with van der Waals surface area (Å²) in [5.74, 6) is 0.00490. The molecule has 0 saturated carbocycles. The lowest BCUT2D eigenvalue weighted by molar-refractivity contribution is -0.114. The van der Waals surface area contributed by atoms with Crippen LogP contribution in [0.4, 0.5) is 5.69 Å². The Bertz CT molecular complexity index is 572. The minimum absolute atomic E-state index is 0.146. The number of carbonyl (C=O) groups excluding carboxylic acids is 1. The van der Waals surface area contributed by atoms with E-state index in [1.54, 1.807) is 12.1 Å². The van der Waals surface area contributed by atoms with Crippen LogP contribution in [0.25, 0.3) is 0 Å². The Balaban J connectivity index is 3.00. The standard InChI is InChI=1S/C14H21ClN2O3S/c1-4-14(5-2,10-15)17-21(19,20)13-8-6-12(7-9-13)16-11(3)18/h6-9,17H,4-5,10H2,1-3H3,(H,16,18). The smallest absolute Gasteiger partial charge is 0.241 e. The van der Waals surface area contributed by atoms with Crippen LogP contribution in [0, 0.1) is 0 Å². The first kappa shape index (κ1) is 17.9. The van der Waals surface area contributed by atoms with Gasteiger partial charge in [0, 0.05) is 24.0 Å². The Hall–Kier alpha value is -1.11. The third kappa shape index (κ3) is 4.69. The Kier molecular flexibility index (Phi) is 6.19. The van der Waals surface area contributed by atoms with E-state index in [1.807, 2.05) is 13.8 Å². The first-order chi connectivity index (χ1) is 9.78. The van der Waals surface area contributed by atoms with Gasteiger partial charge in [0.05, 0.1) is 4.90 Å². The monoisotopic (exact) mass is 332 g/mol. The van der Waals surface area contributed by atoms with E-state index >= 15 is 0 Å². The van der Waals surface area contributed by atoms with Crippen LogP contribution in [0.3, 0.4) is 0 Å². The van der Waals surface area contributed by atoms with Crippen molar-refractivity contribution in [3.05, 3.63) is 24.3 Å². The van der Waals surface area contributed by atoms with Crippen LogP contribution < -0.4 is 10.0 Å². The number of benzene rings is 1. The molecule has 5 nitrogen and oxygen atoms in total. The highest BCUT2D eigenvalue weighted by molar-refractivity contribution is 7.89. The van der Waals surface area contributed by atoms with Crippen molar-refractivity contribution in [3.8, 4) is 0 Å². The highest BCUT2D eigenvalue weighted by Crippen LogP contribution is 2.22. The molecule has 0 radical (unpaired) electrons. The maximum atomic E-state index is 12.4. The number of alkyl halides is 1. The normalized spacial score (nSPS) is 12.2. The number of carbonyl (C=O) groups is 1. The van der Waals surface area contributed by atoms with Crippen molar-refractivity contribution in [2.45, 2.75) is 44.0 Å². The van der Waals surface area contributed by atoms with Gasteiger partial charge in [-0.2, -0.15) is 0 Å². The van der Waals surface area contributed by atoms with Crippen LogP contribution in [0.1, 0.15) is 33.6 Å². The highest BCUT2D eigenvalue weighted by Gasteiger charge is 2.31. The number of halogens is 1. The van der Waals surface area contributed by atoms with Crippen molar-refractivity contribution in [2.75, 3.05) is 11.2 Å². The minimum Gasteiger partial charge on any atom is -0.326 e. The summed E-state index contributed by atoms with van der Waals surface area (Å²) in [5, 5.41) is 2.59. The summed E-state index contributed by atoms with van der Waals surface area (Å²) < 4.78 is 27.5. The van der Waals surface area contributed by atoms with Crippen molar-refractivity contribution in [3.63, 3.8) is 0 Å². The lowest BCUT2D eigenvalue weighted by Crippen LogP contribution is -2.49. The van der Waals surface area contributed by atoms with Crippen LogP contribution in [0.5, 0.6) is 0 Å². The molecule has 1 aromatic carbocycles. The van der Waals surface area contributed by atoms with Gasteiger partial charge in [0.2, 0.25) is 15.9 Å². The van der Waals surface area contributed by atoms with Gasteiger partial charge in [-0.3, -0.25) is 4.79 Å². The first-order valence-electron chi connectivity index (χ1n) is 6.76. The van der Waals surface area contributed by atoms with Gasteiger partial charge in [-0.15, -0.1) is 11.6 Å². The molecular formula is C14H21ClN2O3S. The van der Waals surface area contributed by atoms with Gasteiger partial charge < -0.3 is 5.32 Å². The average molecular weight is 333 g/mol. The van der Waals surface area contributed by atoms with E-state index in [4.69, 9.17) is 11.6 Å². The van der Waals surface area contributed by atoms with E-state index in [9.17, 15) is 13.2 Å². The van der Waals surface area contributed by atoms with Crippen LogP contribution in [0.2, 0.25) is 0 Å². The summed E-state index contributed by atoms with van der Waals surface area (Å²) in [6.07, 6.45) is 1.21. The molecule has 0 fully saturated rings. The number of hydrogen-bond acceptors (Lipinski definition) is 3. The molecule has 0 unspecified atom stereocenters. The van der Waals surface area contributed by atoms with E-state index in [2.05, 4.69) is 10.0 Å². The molecule has 0 aliphatic carbocycles. The van der Waals surface area contributed by atoms with Crippen molar-refractivity contribution < 1.29 is 13.2 Å². The van der Waals surface area contributed by atoms with Crippen LogP contribution in [-0.4, -0.2) is 25.7 Å². The van der Waals surface area contributed by atoms with E-state index < -0.39 is 15.6 Å². The van der Waals surface area contributed by atoms with E-state index in [-0.39, 0.29) is 16.7 Å². The molecule has 118 valence electrons. The van der Waals surface area contributed by atoms with E-state index in [0.29, 0.717) is 18.5 Å². The fourth-order valence-electron chi connectivity index (χ4n) is 1.88.